The Bertz CT molecular complexity index is 474. The first-order chi connectivity index (χ1) is 12.4. The summed E-state index contributed by atoms with van der Waals surface area (Å²) in [6.07, 6.45) is 4.56. The highest BCUT2D eigenvalue weighted by atomic mass is 32.2. The van der Waals surface area contributed by atoms with Crippen molar-refractivity contribution in [2.45, 2.75) is 71.0 Å². The van der Waals surface area contributed by atoms with Crippen LogP contribution in [0.2, 0.25) is 0 Å². The number of esters is 1. The molecule has 1 rings (SSSR count). The van der Waals surface area contributed by atoms with Crippen molar-refractivity contribution in [1.29, 1.82) is 0 Å². The molecule has 2 N–H and O–H groups in total. The van der Waals surface area contributed by atoms with Gasteiger partial charge in [-0.2, -0.15) is 11.8 Å². The van der Waals surface area contributed by atoms with E-state index in [9.17, 15) is 19.5 Å². The number of thioether (sulfide) groups is 1. The van der Waals surface area contributed by atoms with Crippen LogP contribution in [0.15, 0.2) is 0 Å². The van der Waals surface area contributed by atoms with Gasteiger partial charge in [-0.1, -0.05) is 19.8 Å². The molecule has 0 spiro atoms. The molecule has 7 nitrogen and oxygen atoms in total. The van der Waals surface area contributed by atoms with Gasteiger partial charge in [0.05, 0.1) is 12.6 Å². The van der Waals surface area contributed by atoms with Gasteiger partial charge in [0.15, 0.2) is 0 Å². The number of hydrogen-bond donors (Lipinski definition) is 2. The number of unbranched alkanes of at least 4 members (excludes halogenated alkanes) is 2. The predicted molar refractivity (Wildman–Crippen MR) is 102 cm³/mol. The largest absolute Gasteiger partial charge is 0.480 e. The Kier molecular flexibility index (Phi) is 10.7. The second kappa shape index (κ2) is 12.2. The van der Waals surface area contributed by atoms with Crippen molar-refractivity contribution in [3.8, 4) is 0 Å². The molecule has 1 amide bonds. The number of carbonyl (C=O) groups excluding carboxylic acids is 2. The van der Waals surface area contributed by atoms with Gasteiger partial charge in [0.1, 0.15) is 12.1 Å². The molecule has 1 saturated heterocycles. The average molecular weight is 389 g/mol. The van der Waals surface area contributed by atoms with E-state index in [4.69, 9.17) is 4.74 Å². The van der Waals surface area contributed by atoms with Gasteiger partial charge in [0.2, 0.25) is 5.91 Å². The molecule has 1 aliphatic rings. The monoisotopic (exact) mass is 388 g/mol. The Morgan fingerprint density at radius 1 is 1.31 bits per heavy atom. The van der Waals surface area contributed by atoms with Gasteiger partial charge in [-0.3, -0.25) is 14.9 Å². The van der Waals surface area contributed by atoms with Crippen LogP contribution >= 0.6 is 11.8 Å². The van der Waals surface area contributed by atoms with E-state index in [1.807, 2.05) is 0 Å². The standard InChI is InChI=1S/C18H32N2O5S/c1-4-6-7-11-26-12-14(18(24)25-5-2)19-13(3)16(21)20-10-8-9-15(20)17(22)23/h13-15,19H,4-12H2,1-3H3,(H,22,23)/t13?,14-,15-/m0/s1. The minimum absolute atomic E-state index is 0.278. The summed E-state index contributed by atoms with van der Waals surface area (Å²) >= 11 is 1.66. The number of aliphatic carboxylic acids is 1. The third kappa shape index (κ3) is 7.15. The zero-order valence-corrected chi connectivity index (χ0v) is 16.8. The molecule has 0 radical (unpaired) electrons. The summed E-state index contributed by atoms with van der Waals surface area (Å²) in [4.78, 5) is 37.5. The van der Waals surface area contributed by atoms with E-state index in [-0.39, 0.29) is 18.5 Å². The van der Waals surface area contributed by atoms with E-state index in [0.717, 1.165) is 25.0 Å². The normalized spacial score (nSPS) is 19.2. The van der Waals surface area contributed by atoms with Gasteiger partial charge in [-0.15, -0.1) is 0 Å². The number of ether oxygens (including phenoxy) is 1. The molecule has 8 heteroatoms. The molecule has 0 bridgehead atoms. The van der Waals surface area contributed by atoms with Crippen molar-refractivity contribution >= 4 is 29.6 Å². The maximum atomic E-state index is 12.6. The number of hydrogen-bond acceptors (Lipinski definition) is 6. The topological polar surface area (TPSA) is 95.9 Å². The summed E-state index contributed by atoms with van der Waals surface area (Å²) in [5.74, 6) is -0.133. The lowest BCUT2D eigenvalue weighted by Gasteiger charge is -2.27. The highest BCUT2D eigenvalue weighted by molar-refractivity contribution is 7.99. The molecular formula is C18H32N2O5S. The van der Waals surface area contributed by atoms with Gasteiger partial charge >= 0.3 is 11.9 Å². The van der Waals surface area contributed by atoms with Crippen LogP contribution in [0.25, 0.3) is 0 Å². The molecule has 0 aromatic heterocycles. The highest BCUT2D eigenvalue weighted by Gasteiger charge is 2.36. The SMILES string of the molecule is CCCCCSC[C@H](NC(C)C(=O)N1CCC[C@H]1C(=O)O)C(=O)OCC. The average Bonchev–Trinajstić information content (AvgIpc) is 3.09. The quantitative estimate of drug-likeness (QED) is 0.389. The fourth-order valence-corrected chi connectivity index (χ4v) is 4.03. The summed E-state index contributed by atoms with van der Waals surface area (Å²) in [6.45, 7) is 6.29. The molecule has 150 valence electrons. The van der Waals surface area contributed by atoms with Gasteiger partial charge in [-0.05, 0) is 38.9 Å². The maximum absolute atomic E-state index is 12.6. The molecule has 1 fully saturated rings. The second-order valence-corrected chi connectivity index (χ2v) is 7.65. The van der Waals surface area contributed by atoms with Crippen LogP contribution in [0.1, 0.15) is 52.9 Å². The predicted octanol–water partition coefficient (Wildman–Crippen LogP) is 1.90. The van der Waals surface area contributed by atoms with Crippen LogP contribution < -0.4 is 5.32 Å². The van der Waals surface area contributed by atoms with Crippen molar-refractivity contribution in [3.63, 3.8) is 0 Å². The maximum Gasteiger partial charge on any atom is 0.326 e. The smallest absolute Gasteiger partial charge is 0.326 e. The Labute approximate surface area is 160 Å². The lowest BCUT2D eigenvalue weighted by molar-refractivity contribution is -0.150. The van der Waals surface area contributed by atoms with Crippen LogP contribution in [-0.2, 0) is 19.1 Å². The molecule has 0 aliphatic carbocycles. The first-order valence-electron chi connectivity index (χ1n) is 9.46. The summed E-state index contributed by atoms with van der Waals surface area (Å²) in [5, 5.41) is 12.3. The first-order valence-corrected chi connectivity index (χ1v) is 10.6. The van der Waals surface area contributed by atoms with Crippen molar-refractivity contribution in [2.75, 3.05) is 24.7 Å². The van der Waals surface area contributed by atoms with Crippen LogP contribution in [-0.4, -0.2) is 70.6 Å². The van der Waals surface area contributed by atoms with Crippen molar-refractivity contribution < 1.29 is 24.2 Å². The molecule has 0 aromatic rings. The minimum Gasteiger partial charge on any atom is -0.480 e. The van der Waals surface area contributed by atoms with Crippen molar-refractivity contribution in [3.05, 3.63) is 0 Å². The number of carboxylic acids is 1. The van der Waals surface area contributed by atoms with Gasteiger partial charge < -0.3 is 14.7 Å². The lowest BCUT2D eigenvalue weighted by Crippen LogP contribution is -2.54. The van der Waals surface area contributed by atoms with E-state index in [1.54, 1.807) is 25.6 Å². The summed E-state index contributed by atoms with van der Waals surface area (Å²) in [6, 6.07) is -1.98. The Hall–Kier alpha value is -1.28. The molecule has 1 unspecified atom stereocenters. The third-order valence-electron chi connectivity index (χ3n) is 4.39. The Balaban J connectivity index is 2.62. The molecule has 0 aromatic carbocycles. The molecule has 1 heterocycles. The Morgan fingerprint density at radius 3 is 2.65 bits per heavy atom. The number of nitrogens with zero attached hydrogens (tertiary/aromatic N) is 1. The number of carbonyl (C=O) groups is 3. The van der Waals surface area contributed by atoms with E-state index < -0.39 is 24.1 Å². The number of amides is 1. The molecule has 0 saturated carbocycles. The van der Waals surface area contributed by atoms with Crippen LogP contribution in [0.4, 0.5) is 0 Å². The van der Waals surface area contributed by atoms with Gasteiger partial charge in [0.25, 0.3) is 0 Å². The van der Waals surface area contributed by atoms with Crippen molar-refractivity contribution in [2.24, 2.45) is 0 Å². The number of rotatable bonds is 12. The van der Waals surface area contributed by atoms with Gasteiger partial charge in [0, 0.05) is 12.3 Å². The van der Waals surface area contributed by atoms with E-state index in [1.165, 1.54) is 4.90 Å². The summed E-state index contributed by atoms with van der Waals surface area (Å²) in [7, 11) is 0. The number of carboxylic acid groups (broad SMARTS) is 1. The zero-order valence-electron chi connectivity index (χ0n) is 16.0. The fraction of sp³-hybridized carbons (Fsp3) is 0.833. The Morgan fingerprint density at radius 2 is 2.04 bits per heavy atom. The minimum atomic E-state index is -0.975. The molecular weight excluding hydrogens is 356 g/mol. The lowest BCUT2D eigenvalue weighted by atomic mass is 10.2. The summed E-state index contributed by atoms with van der Waals surface area (Å²) < 4.78 is 5.11. The fourth-order valence-electron chi connectivity index (χ4n) is 2.99. The molecule has 1 aliphatic heterocycles. The van der Waals surface area contributed by atoms with Crippen LogP contribution in [0.5, 0.6) is 0 Å². The van der Waals surface area contributed by atoms with E-state index in [2.05, 4.69) is 12.2 Å². The zero-order chi connectivity index (χ0) is 19.5. The molecule has 3 atom stereocenters. The number of likely N-dealkylation sites (tertiary alicyclic amines) is 1. The van der Waals surface area contributed by atoms with Gasteiger partial charge in [-0.25, -0.2) is 4.79 Å². The summed E-state index contributed by atoms with van der Waals surface area (Å²) in [5.41, 5.74) is 0. The molecule has 26 heavy (non-hydrogen) atoms. The second-order valence-electron chi connectivity index (χ2n) is 6.50. The highest BCUT2D eigenvalue weighted by Crippen LogP contribution is 2.19. The van der Waals surface area contributed by atoms with E-state index in [0.29, 0.717) is 25.1 Å². The van der Waals surface area contributed by atoms with E-state index >= 15 is 0 Å². The third-order valence-corrected chi connectivity index (χ3v) is 5.54. The van der Waals surface area contributed by atoms with Crippen LogP contribution in [0.3, 0.4) is 0 Å². The first kappa shape index (κ1) is 22.8. The van der Waals surface area contributed by atoms with Crippen molar-refractivity contribution in [1.82, 2.24) is 10.2 Å². The van der Waals surface area contributed by atoms with Crippen LogP contribution in [0, 0.1) is 0 Å². The number of nitrogens with one attached hydrogen (secondary N) is 1.